The van der Waals surface area contributed by atoms with Crippen LogP contribution in [-0.4, -0.2) is 79.4 Å². The zero-order valence-corrected chi connectivity index (χ0v) is 24.2. The molecule has 1 aromatic heterocycles. The summed E-state index contributed by atoms with van der Waals surface area (Å²) in [5.74, 6) is -6.57. The second kappa shape index (κ2) is 13.8. The minimum atomic E-state index is -3.08. The van der Waals surface area contributed by atoms with Gasteiger partial charge in [0.1, 0.15) is 29.2 Å². The number of halogens is 5. The molecule has 3 aromatic rings. The third-order valence-electron chi connectivity index (χ3n) is 8.13. The van der Waals surface area contributed by atoms with E-state index < -0.39 is 59.9 Å². The summed E-state index contributed by atoms with van der Waals surface area (Å²) in [5.41, 5.74) is -0.0126. The number of methoxy groups -OCH3 is 1. The number of hydrogen-bond acceptors (Lipinski definition) is 7. The fourth-order valence-corrected chi connectivity index (χ4v) is 5.85. The van der Waals surface area contributed by atoms with E-state index in [9.17, 15) is 23.5 Å². The summed E-state index contributed by atoms with van der Waals surface area (Å²) in [6.07, 6.45) is 1.38. The first-order valence-electron chi connectivity index (χ1n) is 14.3. The van der Waals surface area contributed by atoms with Crippen molar-refractivity contribution in [2.75, 3.05) is 44.8 Å². The lowest BCUT2D eigenvalue weighted by Crippen LogP contribution is -2.44. The van der Waals surface area contributed by atoms with E-state index in [4.69, 9.17) is 4.74 Å². The van der Waals surface area contributed by atoms with Crippen molar-refractivity contribution in [1.82, 2.24) is 15.2 Å². The van der Waals surface area contributed by atoms with Gasteiger partial charge in [-0.1, -0.05) is 0 Å². The molecule has 1 unspecified atom stereocenters. The van der Waals surface area contributed by atoms with Crippen molar-refractivity contribution in [2.45, 2.75) is 37.3 Å². The van der Waals surface area contributed by atoms with E-state index in [1.165, 1.54) is 31.4 Å². The van der Waals surface area contributed by atoms with Crippen LogP contribution in [0.2, 0.25) is 0 Å². The molecule has 2 aromatic carbocycles. The zero-order chi connectivity index (χ0) is 32.2. The first kappa shape index (κ1) is 32.1. The van der Waals surface area contributed by atoms with Gasteiger partial charge in [-0.05, 0) is 62.3 Å². The Labute approximate surface area is 255 Å². The van der Waals surface area contributed by atoms with Gasteiger partial charge < -0.3 is 24.8 Å². The van der Waals surface area contributed by atoms with Crippen LogP contribution in [0.3, 0.4) is 0 Å². The number of carbonyl (C=O) groups excluding carboxylic acids is 2. The monoisotopic (exact) mass is 634 g/mol. The van der Waals surface area contributed by atoms with Crippen molar-refractivity contribution in [3.05, 3.63) is 82.8 Å². The first-order valence-corrected chi connectivity index (χ1v) is 14.3. The molecule has 2 N–H and O–H groups in total. The van der Waals surface area contributed by atoms with Crippen molar-refractivity contribution in [1.29, 1.82) is 0 Å². The van der Waals surface area contributed by atoms with Gasteiger partial charge in [-0.2, -0.15) is 8.78 Å². The number of hydrogen-bond donors (Lipinski definition) is 2. The molecule has 2 atom stereocenters. The minimum absolute atomic E-state index is 0.0351. The van der Waals surface area contributed by atoms with Crippen LogP contribution >= 0.6 is 0 Å². The number of anilines is 1. The van der Waals surface area contributed by atoms with Crippen molar-refractivity contribution in [3.8, 4) is 11.5 Å². The predicted molar refractivity (Wildman–Crippen MR) is 152 cm³/mol. The molecule has 5 rings (SSSR count). The highest BCUT2D eigenvalue weighted by atomic mass is 19.3. The maximum absolute atomic E-state index is 15.3. The molecule has 2 aliphatic rings. The van der Waals surface area contributed by atoms with Crippen LogP contribution in [0.5, 0.6) is 11.5 Å². The molecular formula is C31H31F5N4O5. The zero-order valence-electron chi connectivity index (χ0n) is 24.2. The van der Waals surface area contributed by atoms with Crippen LogP contribution in [-0.2, 0) is 4.79 Å². The molecule has 0 saturated carbocycles. The minimum Gasteiger partial charge on any atom is -0.497 e. The Morgan fingerprint density at radius 3 is 2.29 bits per heavy atom. The lowest BCUT2D eigenvalue weighted by molar-refractivity contribution is -0.118. The normalized spacial score (nSPS) is 19.3. The van der Waals surface area contributed by atoms with E-state index >= 15 is 13.2 Å². The van der Waals surface area contributed by atoms with Crippen molar-refractivity contribution >= 4 is 17.6 Å². The fourth-order valence-electron chi connectivity index (χ4n) is 5.85. The Bertz CT molecular complexity index is 1510. The number of benzene rings is 2. The predicted octanol–water partition coefficient (Wildman–Crippen LogP) is 4.21. The Morgan fingerprint density at radius 1 is 1.02 bits per heavy atom. The molecule has 0 aliphatic carbocycles. The number of likely N-dealkylation sites (tertiary alicyclic amines) is 1. The highest BCUT2D eigenvalue weighted by Crippen LogP contribution is 2.38. The van der Waals surface area contributed by atoms with Gasteiger partial charge in [0, 0.05) is 53.9 Å². The van der Waals surface area contributed by atoms with Gasteiger partial charge in [0.05, 0.1) is 13.7 Å². The highest BCUT2D eigenvalue weighted by Gasteiger charge is 2.46. The Hall–Kier alpha value is -4.30. The van der Waals surface area contributed by atoms with Gasteiger partial charge in [-0.15, -0.1) is 0 Å². The lowest BCUT2D eigenvalue weighted by Gasteiger charge is -2.31. The van der Waals surface area contributed by atoms with Crippen molar-refractivity contribution in [2.24, 2.45) is 0 Å². The van der Waals surface area contributed by atoms with Crippen LogP contribution in [0, 0.1) is 17.5 Å². The average Bonchev–Trinajstić information content (AvgIpc) is 3.32. The van der Waals surface area contributed by atoms with E-state index in [-0.39, 0.29) is 35.4 Å². The summed E-state index contributed by atoms with van der Waals surface area (Å²) in [5, 5.41) is 11.7. The average molecular weight is 635 g/mol. The van der Waals surface area contributed by atoms with Gasteiger partial charge in [0.25, 0.3) is 11.8 Å². The number of alkyl halides is 2. The van der Waals surface area contributed by atoms with Gasteiger partial charge in [-0.3, -0.25) is 14.5 Å². The third kappa shape index (κ3) is 7.01. The second-order valence-corrected chi connectivity index (χ2v) is 10.8. The number of rotatable bonds is 10. The van der Waals surface area contributed by atoms with Crippen molar-refractivity contribution < 1.29 is 46.1 Å². The van der Waals surface area contributed by atoms with E-state index in [1.807, 2.05) is 0 Å². The molecule has 240 valence electrons. The number of amides is 2. The number of piperidine rings is 1. The molecule has 14 heteroatoms. The smallest absolute Gasteiger partial charge is 0.387 e. The highest BCUT2D eigenvalue weighted by molar-refractivity contribution is 6.04. The molecule has 0 spiro atoms. The van der Waals surface area contributed by atoms with Crippen LogP contribution in [0.4, 0.5) is 27.8 Å². The standard InChI is InChI=1S/C31H31F5N4O5/c1-44-20-14-23(33)26(24(34)15-20)21-16-40(28-22(32)6-7-25(37-28)17-8-10-39(11-9-17)12-13-41)30(43)27(21)38-29(42)18-2-4-19(5-3-18)45-31(35)36/h2-7,14-15,17,21,27,31,41H,8-13,16H2,1H3,(H,38,42)/t21-,27?/m0/s1. The van der Waals surface area contributed by atoms with Gasteiger partial charge in [-0.25, -0.2) is 18.2 Å². The summed E-state index contributed by atoms with van der Waals surface area (Å²) in [6.45, 7) is -1.51. The van der Waals surface area contributed by atoms with E-state index in [0.717, 1.165) is 29.2 Å². The molecular weight excluding hydrogens is 603 g/mol. The van der Waals surface area contributed by atoms with E-state index in [2.05, 4.69) is 19.9 Å². The third-order valence-corrected chi connectivity index (χ3v) is 8.13. The molecule has 2 fully saturated rings. The molecule has 2 saturated heterocycles. The number of aliphatic hydroxyl groups excluding tert-OH is 1. The number of aromatic nitrogens is 1. The largest absolute Gasteiger partial charge is 0.497 e. The topological polar surface area (TPSA) is 104 Å². The maximum atomic E-state index is 15.3. The molecule has 45 heavy (non-hydrogen) atoms. The SMILES string of the molecule is COc1cc(F)c([C@@H]2CN(c3nc(C4CCN(CCO)CC4)ccc3F)C(=O)C2NC(=O)c2ccc(OC(F)F)cc2)c(F)c1. The van der Waals surface area contributed by atoms with Gasteiger partial charge in [0.15, 0.2) is 11.6 Å². The summed E-state index contributed by atoms with van der Waals surface area (Å²) in [4.78, 5) is 34.6. The van der Waals surface area contributed by atoms with Crippen LogP contribution in [0.25, 0.3) is 0 Å². The number of nitrogens with one attached hydrogen (secondary N) is 1. The van der Waals surface area contributed by atoms with E-state index in [1.54, 1.807) is 0 Å². The summed E-state index contributed by atoms with van der Waals surface area (Å²) in [6, 6.07) is 7.68. The Kier molecular flexibility index (Phi) is 9.83. The lowest BCUT2D eigenvalue weighted by atomic mass is 9.92. The summed E-state index contributed by atoms with van der Waals surface area (Å²) < 4.78 is 80.2. The molecule has 3 heterocycles. The number of carbonyl (C=O) groups is 2. The number of pyridine rings is 1. The number of β-amino-alcohol motifs (C(OH)–C–C–N with tert-alkyl or cyclic N) is 1. The first-order chi connectivity index (χ1) is 21.6. The molecule has 2 aliphatic heterocycles. The maximum Gasteiger partial charge on any atom is 0.387 e. The fraction of sp³-hybridized carbons (Fsp3) is 0.387. The molecule has 2 amide bonds. The molecule has 0 bridgehead atoms. The number of aliphatic hydroxyl groups is 1. The van der Waals surface area contributed by atoms with Crippen molar-refractivity contribution in [3.63, 3.8) is 0 Å². The van der Waals surface area contributed by atoms with Crippen LogP contribution in [0.1, 0.15) is 46.3 Å². The summed E-state index contributed by atoms with van der Waals surface area (Å²) in [7, 11) is 1.23. The van der Waals surface area contributed by atoms with Gasteiger partial charge >= 0.3 is 6.61 Å². The Balaban J connectivity index is 1.46. The second-order valence-electron chi connectivity index (χ2n) is 10.8. The number of ether oxygens (including phenoxy) is 2. The number of nitrogens with zero attached hydrogens (tertiary/aromatic N) is 3. The Morgan fingerprint density at radius 2 is 1.69 bits per heavy atom. The quantitative estimate of drug-likeness (QED) is 0.322. The summed E-state index contributed by atoms with van der Waals surface area (Å²) >= 11 is 0. The molecule has 0 radical (unpaired) electrons. The van der Waals surface area contributed by atoms with Crippen LogP contribution in [0.15, 0.2) is 48.5 Å². The van der Waals surface area contributed by atoms with Crippen LogP contribution < -0.4 is 19.7 Å². The van der Waals surface area contributed by atoms with E-state index in [0.29, 0.717) is 38.2 Å². The molecule has 9 nitrogen and oxygen atoms in total. The van der Waals surface area contributed by atoms with Gasteiger partial charge in [0.2, 0.25) is 0 Å².